The van der Waals surface area contributed by atoms with E-state index in [-0.39, 0.29) is 11.9 Å². The maximum Gasteiger partial charge on any atom is 0.242 e. The first kappa shape index (κ1) is 14.7. The summed E-state index contributed by atoms with van der Waals surface area (Å²) in [6.07, 6.45) is 6.46. The van der Waals surface area contributed by atoms with Crippen molar-refractivity contribution in [2.45, 2.75) is 56.9 Å². The summed E-state index contributed by atoms with van der Waals surface area (Å²) in [6, 6.07) is 6.53. The smallest absolute Gasteiger partial charge is 0.242 e. The second-order valence-corrected chi connectivity index (χ2v) is 7.05. The molecule has 2 aliphatic heterocycles. The zero-order valence-electron chi connectivity index (χ0n) is 13.5. The molecule has 3 aliphatic rings. The van der Waals surface area contributed by atoms with E-state index in [9.17, 15) is 9.59 Å². The summed E-state index contributed by atoms with van der Waals surface area (Å²) in [5.41, 5.74) is 4.10. The molecule has 0 aromatic heterocycles. The van der Waals surface area contributed by atoms with Crippen molar-refractivity contribution >= 4 is 17.4 Å². The molecule has 1 aliphatic carbocycles. The highest BCUT2D eigenvalue weighted by molar-refractivity contribution is 5.87. The molecular weight excluding hydrogens is 288 g/mol. The molecule has 23 heavy (non-hydrogen) atoms. The molecule has 0 radical (unpaired) electrons. The van der Waals surface area contributed by atoms with Crippen molar-refractivity contribution in [3.8, 4) is 0 Å². The normalized spacial score (nSPS) is 25.4. The van der Waals surface area contributed by atoms with Crippen LogP contribution in [-0.4, -0.2) is 30.8 Å². The minimum absolute atomic E-state index is 0.00631. The molecule has 1 saturated carbocycles. The molecule has 2 heterocycles. The Morgan fingerprint density at radius 1 is 1.04 bits per heavy atom. The fraction of sp³-hybridized carbons (Fsp3) is 0.579. The average molecular weight is 312 g/mol. The number of rotatable bonds is 2. The van der Waals surface area contributed by atoms with Crippen molar-refractivity contribution in [2.75, 3.05) is 18.0 Å². The van der Waals surface area contributed by atoms with Gasteiger partial charge < -0.3 is 10.2 Å². The van der Waals surface area contributed by atoms with Crippen LogP contribution in [-0.2, 0) is 16.0 Å². The molecule has 1 aromatic carbocycles. The van der Waals surface area contributed by atoms with Gasteiger partial charge in [0.2, 0.25) is 5.91 Å². The number of nitrogens with zero attached hydrogens (tertiary/aromatic N) is 1. The van der Waals surface area contributed by atoms with Gasteiger partial charge in [0.25, 0.3) is 0 Å². The predicted octanol–water partition coefficient (Wildman–Crippen LogP) is 2.55. The molecule has 1 unspecified atom stereocenters. The molecule has 4 heteroatoms. The number of benzene rings is 1. The lowest BCUT2D eigenvalue weighted by atomic mass is 9.81. The monoisotopic (exact) mass is 312 g/mol. The van der Waals surface area contributed by atoms with E-state index in [4.69, 9.17) is 0 Å². The third kappa shape index (κ3) is 2.64. The van der Waals surface area contributed by atoms with Crippen molar-refractivity contribution in [2.24, 2.45) is 0 Å². The van der Waals surface area contributed by atoms with E-state index in [1.54, 1.807) is 0 Å². The zero-order valence-corrected chi connectivity index (χ0v) is 13.5. The van der Waals surface area contributed by atoms with Gasteiger partial charge in [0, 0.05) is 31.6 Å². The molecule has 4 rings (SSSR count). The van der Waals surface area contributed by atoms with Crippen LogP contribution in [0.4, 0.5) is 5.69 Å². The number of Topliss-reactive ketones (excluding diaryl/α,β-unsaturated/α-hetero) is 1. The van der Waals surface area contributed by atoms with Gasteiger partial charge in [-0.25, -0.2) is 0 Å². The van der Waals surface area contributed by atoms with E-state index in [0.29, 0.717) is 11.7 Å². The molecule has 2 fully saturated rings. The van der Waals surface area contributed by atoms with Gasteiger partial charge in [-0.2, -0.15) is 0 Å². The number of fused-ring (bicyclic) bond motifs is 1. The van der Waals surface area contributed by atoms with Gasteiger partial charge in [0.05, 0.1) is 0 Å². The Bertz CT molecular complexity index is 630. The van der Waals surface area contributed by atoms with Crippen molar-refractivity contribution in [1.82, 2.24) is 5.32 Å². The molecule has 1 amide bonds. The van der Waals surface area contributed by atoms with Crippen LogP contribution >= 0.6 is 0 Å². The zero-order chi connectivity index (χ0) is 15.8. The lowest BCUT2D eigenvalue weighted by molar-refractivity contribution is -0.123. The summed E-state index contributed by atoms with van der Waals surface area (Å²) < 4.78 is 0. The van der Waals surface area contributed by atoms with Crippen LogP contribution in [0.3, 0.4) is 0 Å². The fourth-order valence-corrected chi connectivity index (χ4v) is 4.50. The second kappa shape index (κ2) is 5.99. The molecule has 4 nitrogen and oxygen atoms in total. The average Bonchev–Trinajstić information content (AvgIpc) is 3.00. The molecule has 1 saturated heterocycles. The van der Waals surface area contributed by atoms with Crippen molar-refractivity contribution < 1.29 is 9.59 Å². The minimum atomic E-state index is -0.00631. The van der Waals surface area contributed by atoms with Gasteiger partial charge >= 0.3 is 0 Å². The third-order valence-corrected chi connectivity index (χ3v) is 5.72. The largest absolute Gasteiger partial charge is 0.359 e. The van der Waals surface area contributed by atoms with Gasteiger partial charge in [-0.1, -0.05) is 12.1 Å². The van der Waals surface area contributed by atoms with Crippen LogP contribution < -0.4 is 10.2 Å². The third-order valence-electron chi connectivity index (χ3n) is 5.72. The molecule has 1 aromatic rings. The minimum Gasteiger partial charge on any atom is -0.359 e. The quantitative estimate of drug-likeness (QED) is 0.913. The Labute approximate surface area is 137 Å². The van der Waals surface area contributed by atoms with Crippen molar-refractivity contribution in [3.05, 3.63) is 29.3 Å². The van der Waals surface area contributed by atoms with Crippen LogP contribution in [0.2, 0.25) is 0 Å². The number of amides is 1. The Hall–Kier alpha value is -1.84. The number of anilines is 1. The van der Waals surface area contributed by atoms with Gasteiger partial charge in [0.15, 0.2) is 0 Å². The number of carbonyl (C=O) groups is 2. The molecule has 1 atom stereocenters. The first-order chi connectivity index (χ1) is 11.2. The summed E-state index contributed by atoms with van der Waals surface area (Å²) >= 11 is 0. The summed E-state index contributed by atoms with van der Waals surface area (Å²) in [4.78, 5) is 26.0. The highest BCUT2D eigenvalue weighted by Gasteiger charge is 2.34. The van der Waals surface area contributed by atoms with E-state index in [2.05, 4.69) is 28.4 Å². The molecule has 0 bridgehead atoms. The number of nitrogens with one attached hydrogen (secondary N) is 1. The van der Waals surface area contributed by atoms with Crippen LogP contribution in [0, 0.1) is 0 Å². The van der Waals surface area contributed by atoms with E-state index >= 15 is 0 Å². The van der Waals surface area contributed by atoms with Crippen LogP contribution in [0.1, 0.15) is 55.6 Å². The second-order valence-electron chi connectivity index (χ2n) is 7.05. The van der Waals surface area contributed by atoms with Crippen LogP contribution in [0.25, 0.3) is 0 Å². The lowest BCUT2D eigenvalue weighted by Gasteiger charge is -2.32. The van der Waals surface area contributed by atoms with Gasteiger partial charge in [0.1, 0.15) is 11.8 Å². The van der Waals surface area contributed by atoms with Crippen LogP contribution in [0.5, 0.6) is 0 Å². The Morgan fingerprint density at radius 2 is 1.87 bits per heavy atom. The van der Waals surface area contributed by atoms with E-state index < -0.39 is 0 Å². The van der Waals surface area contributed by atoms with Crippen molar-refractivity contribution in [1.29, 1.82) is 0 Å². The summed E-state index contributed by atoms with van der Waals surface area (Å²) in [7, 11) is 0. The van der Waals surface area contributed by atoms with Gasteiger partial charge in [-0.05, 0) is 55.2 Å². The summed E-state index contributed by atoms with van der Waals surface area (Å²) in [5, 5.41) is 3.00. The van der Waals surface area contributed by atoms with Crippen LogP contribution in [0.15, 0.2) is 18.2 Å². The Morgan fingerprint density at radius 3 is 2.65 bits per heavy atom. The van der Waals surface area contributed by atoms with E-state index in [0.717, 1.165) is 58.0 Å². The highest BCUT2D eigenvalue weighted by Crippen LogP contribution is 2.40. The number of hydrogen-bond acceptors (Lipinski definition) is 3. The lowest BCUT2D eigenvalue weighted by Crippen LogP contribution is -2.50. The Kier molecular flexibility index (Phi) is 3.83. The maximum absolute atomic E-state index is 12.2. The molecule has 0 spiro atoms. The number of carbonyl (C=O) groups excluding carboxylic acids is 2. The van der Waals surface area contributed by atoms with Gasteiger partial charge in [-0.3, -0.25) is 9.59 Å². The van der Waals surface area contributed by atoms with Crippen molar-refractivity contribution in [3.63, 3.8) is 0 Å². The SMILES string of the molecule is O=C1CCC(c2cccc3c2CCN3C2CCCNC2=O)CC1. The summed E-state index contributed by atoms with van der Waals surface area (Å²) in [5.74, 6) is 1.11. The topological polar surface area (TPSA) is 49.4 Å². The van der Waals surface area contributed by atoms with E-state index in [1.165, 1.54) is 16.8 Å². The first-order valence-electron chi connectivity index (χ1n) is 8.92. The number of piperidine rings is 1. The highest BCUT2D eigenvalue weighted by atomic mass is 16.2. The predicted molar refractivity (Wildman–Crippen MR) is 89.7 cm³/mol. The standard InChI is InChI=1S/C19H24N2O2/c22-14-8-6-13(7-9-14)15-3-1-4-17-16(15)10-12-21(17)18-5-2-11-20-19(18)23/h1,3-4,13,18H,2,5-12H2,(H,20,23). The van der Waals surface area contributed by atoms with Gasteiger partial charge in [-0.15, -0.1) is 0 Å². The first-order valence-corrected chi connectivity index (χ1v) is 8.92. The number of hydrogen-bond donors (Lipinski definition) is 1. The van der Waals surface area contributed by atoms with E-state index in [1.807, 2.05) is 0 Å². The summed E-state index contributed by atoms with van der Waals surface area (Å²) in [6.45, 7) is 1.75. The Balaban J connectivity index is 1.61. The molecule has 122 valence electrons. The number of ketones is 1. The molecular formula is C19H24N2O2. The fourth-order valence-electron chi connectivity index (χ4n) is 4.50. The molecule has 1 N–H and O–H groups in total. The maximum atomic E-state index is 12.2.